The van der Waals surface area contributed by atoms with E-state index in [1.807, 2.05) is 0 Å². The van der Waals surface area contributed by atoms with Gasteiger partial charge in [-0.3, -0.25) is 10.1 Å². The van der Waals surface area contributed by atoms with Gasteiger partial charge >= 0.3 is 5.97 Å². The summed E-state index contributed by atoms with van der Waals surface area (Å²) in [4.78, 5) is 22.6. The van der Waals surface area contributed by atoms with E-state index in [0.717, 1.165) is 0 Å². The molecule has 7 heteroatoms. The Balaban J connectivity index is 2.21. The smallest absolute Gasteiger partial charge is 0.342 e. The molecule has 0 fully saturated rings. The van der Waals surface area contributed by atoms with Gasteiger partial charge in [0.15, 0.2) is 0 Å². The number of carbonyl (C=O) groups excluding carboxylic acids is 1. The Morgan fingerprint density at radius 2 is 2.00 bits per heavy atom. The van der Waals surface area contributed by atoms with Crippen LogP contribution in [0.2, 0.25) is 5.02 Å². The number of nitrogens with zero attached hydrogens (tertiary/aromatic N) is 1. The van der Waals surface area contributed by atoms with Gasteiger partial charge < -0.3 is 9.47 Å². The second-order valence-corrected chi connectivity index (χ2v) is 5.18. The van der Waals surface area contributed by atoms with E-state index in [4.69, 9.17) is 21.1 Å². The van der Waals surface area contributed by atoms with Crippen LogP contribution in [0.15, 0.2) is 42.5 Å². The fourth-order valence-corrected chi connectivity index (χ4v) is 2.20. The molecule has 0 saturated carbocycles. The molecule has 2 rings (SSSR count). The van der Waals surface area contributed by atoms with Crippen molar-refractivity contribution in [1.29, 1.82) is 0 Å². The van der Waals surface area contributed by atoms with Gasteiger partial charge in [0, 0.05) is 17.2 Å². The van der Waals surface area contributed by atoms with Crippen LogP contribution in [-0.4, -0.2) is 18.0 Å². The van der Waals surface area contributed by atoms with Crippen molar-refractivity contribution in [2.45, 2.75) is 13.0 Å². The maximum absolute atomic E-state index is 12.3. The van der Waals surface area contributed by atoms with E-state index in [-0.39, 0.29) is 11.3 Å². The SMILES string of the molecule is COc1ccc(Cl)cc1C(=O)O[C@H](C)c1cccc([N+](=O)[O-])c1. The van der Waals surface area contributed by atoms with Gasteiger partial charge in [-0.15, -0.1) is 0 Å². The van der Waals surface area contributed by atoms with Crippen LogP contribution < -0.4 is 4.74 Å². The summed E-state index contributed by atoms with van der Waals surface area (Å²) in [5, 5.41) is 11.2. The third-order valence-corrected chi connectivity index (χ3v) is 3.45. The molecule has 0 unspecified atom stereocenters. The number of nitro benzene ring substituents is 1. The van der Waals surface area contributed by atoms with Gasteiger partial charge in [-0.2, -0.15) is 0 Å². The van der Waals surface area contributed by atoms with E-state index >= 15 is 0 Å². The molecule has 120 valence electrons. The molecule has 2 aromatic rings. The van der Waals surface area contributed by atoms with Gasteiger partial charge in [0.25, 0.3) is 5.69 Å². The molecule has 0 bridgehead atoms. The number of hydrogen-bond donors (Lipinski definition) is 0. The summed E-state index contributed by atoms with van der Waals surface area (Å²) in [6, 6.07) is 10.5. The Bertz CT molecular complexity index is 747. The Labute approximate surface area is 137 Å². The molecule has 6 nitrogen and oxygen atoms in total. The first-order valence-corrected chi connectivity index (χ1v) is 7.09. The van der Waals surface area contributed by atoms with Crippen LogP contribution in [0.3, 0.4) is 0 Å². The Morgan fingerprint density at radius 3 is 2.65 bits per heavy atom. The van der Waals surface area contributed by atoms with Crippen molar-refractivity contribution in [3.8, 4) is 5.75 Å². The van der Waals surface area contributed by atoms with Gasteiger partial charge in [0.05, 0.1) is 12.0 Å². The average molecular weight is 336 g/mol. The maximum Gasteiger partial charge on any atom is 0.342 e. The maximum atomic E-state index is 12.3. The first-order chi connectivity index (χ1) is 10.9. The molecule has 0 aliphatic heterocycles. The topological polar surface area (TPSA) is 78.7 Å². The molecule has 0 aliphatic rings. The molecule has 0 saturated heterocycles. The molecular formula is C16H14ClNO5. The van der Waals surface area contributed by atoms with Crippen molar-refractivity contribution in [2.75, 3.05) is 7.11 Å². The summed E-state index contributed by atoms with van der Waals surface area (Å²) in [5.41, 5.74) is 0.650. The van der Waals surface area contributed by atoms with E-state index < -0.39 is 17.0 Å². The summed E-state index contributed by atoms with van der Waals surface area (Å²) in [5.74, 6) is -0.283. The van der Waals surface area contributed by atoms with Gasteiger partial charge in [0.1, 0.15) is 17.4 Å². The van der Waals surface area contributed by atoms with Gasteiger partial charge in [-0.1, -0.05) is 23.7 Å². The lowest BCUT2D eigenvalue weighted by molar-refractivity contribution is -0.385. The molecule has 0 aliphatic carbocycles. The number of hydrogen-bond acceptors (Lipinski definition) is 5. The number of non-ortho nitro benzene ring substituents is 1. The summed E-state index contributed by atoms with van der Waals surface area (Å²) in [6.07, 6.45) is -0.661. The van der Waals surface area contributed by atoms with Crippen LogP contribution in [-0.2, 0) is 4.74 Å². The largest absolute Gasteiger partial charge is 0.496 e. The molecule has 0 heterocycles. The van der Waals surface area contributed by atoms with Crippen molar-refractivity contribution >= 4 is 23.3 Å². The summed E-state index contributed by atoms with van der Waals surface area (Å²) in [7, 11) is 1.43. The Hall–Kier alpha value is -2.60. The molecule has 23 heavy (non-hydrogen) atoms. The number of benzene rings is 2. The van der Waals surface area contributed by atoms with Crippen molar-refractivity contribution < 1.29 is 19.2 Å². The van der Waals surface area contributed by atoms with Crippen molar-refractivity contribution in [3.63, 3.8) is 0 Å². The fourth-order valence-electron chi connectivity index (χ4n) is 2.02. The number of carbonyl (C=O) groups is 1. The second-order valence-electron chi connectivity index (χ2n) is 4.74. The number of nitro groups is 1. The van der Waals surface area contributed by atoms with E-state index in [1.165, 1.54) is 31.4 Å². The Morgan fingerprint density at radius 1 is 1.26 bits per heavy atom. The zero-order valence-electron chi connectivity index (χ0n) is 12.5. The van der Waals surface area contributed by atoms with Crippen LogP contribution in [0.1, 0.15) is 28.9 Å². The number of esters is 1. The van der Waals surface area contributed by atoms with E-state index in [0.29, 0.717) is 16.3 Å². The highest BCUT2D eigenvalue weighted by atomic mass is 35.5. The van der Waals surface area contributed by atoms with Crippen LogP contribution in [0.5, 0.6) is 5.75 Å². The zero-order chi connectivity index (χ0) is 17.0. The second kappa shape index (κ2) is 7.11. The predicted molar refractivity (Wildman–Crippen MR) is 84.9 cm³/mol. The Kier molecular flexibility index (Phi) is 5.18. The molecular weight excluding hydrogens is 322 g/mol. The standard InChI is InChI=1S/C16H14ClNO5/c1-10(11-4-3-5-13(8-11)18(20)21)23-16(19)14-9-12(17)6-7-15(14)22-2/h3-10H,1-2H3/t10-/m1/s1. The quantitative estimate of drug-likeness (QED) is 0.465. The number of methoxy groups -OCH3 is 1. The highest BCUT2D eigenvalue weighted by Gasteiger charge is 2.19. The third kappa shape index (κ3) is 3.98. The summed E-state index contributed by atoms with van der Waals surface area (Å²) >= 11 is 5.89. The van der Waals surface area contributed by atoms with Crippen LogP contribution in [0.4, 0.5) is 5.69 Å². The van der Waals surface area contributed by atoms with Gasteiger partial charge in [-0.25, -0.2) is 4.79 Å². The predicted octanol–water partition coefficient (Wildman–Crippen LogP) is 4.17. The lowest BCUT2D eigenvalue weighted by Gasteiger charge is -2.15. The first kappa shape index (κ1) is 16.8. The molecule has 0 N–H and O–H groups in total. The monoisotopic (exact) mass is 335 g/mol. The first-order valence-electron chi connectivity index (χ1n) is 6.71. The number of halogens is 1. The minimum atomic E-state index is -0.661. The average Bonchev–Trinajstić information content (AvgIpc) is 2.54. The highest BCUT2D eigenvalue weighted by Crippen LogP contribution is 2.27. The van der Waals surface area contributed by atoms with E-state index in [1.54, 1.807) is 25.1 Å². The van der Waals surface area contributed by atoms with Crippen molar-refractivity contribution in [2.24, 2.45) is 0 Å². The normalized spacial score (nSPS) is 11.6. The van der Waals surface area contributed by atoms with Crippen LogP contribution in [0, 0.1) is 10.1 Å². The molecule has 2 aromatic carbocycles. The molecule has 1 atom stereocenters. The number of ether oxygens (including phenoxy) is 2. The third-order valence-electron chi connectivity index (χ3n) is 3.22. The van der Waals surface area contributed by atoms with E-state index in [2.05, 4.69) is 0 Å². The van der Waals surface area contributed by atoms with Crippen molar-refractivity contribution in [1.82, 2.24) is 0 Å². The summed E-state index contributed by atoms with van der Waals surface area (Å²) in [6.45, 7) is 1.63. The number of rotatable bonds is 5. The molecule has 0 amide bonds. The fraction of sp³-hybridized carbons (Fsp3) is 0.188. The highest BCUT2D eigenvalue weighted by molar-refractivity contribution is 6.31. The lowest BCUT2D eigenvalue weighted by Crippen LogP contribution is -2.10. The molecule has 0 radical (unpaired) electrons. The van der Waals surface area contributed by atoms with E-state index in [9.17, 15) is 14.9 Å². The zero-order valence-corrected chi connectivity index (χ0v) is 13.2. The minimum Gasteiger partial charge on any atom is -0.496 e. The van der Waals surface area contributed by atoms with Gasteiger partial charge in [0.2, 0.25) is 0 Å². The van der Waals surface area contributed by atoms with Crippen molar-refractivity contribution in [3.05, 3.63) is 68.7 Å². The minimum absolute atomic E-state index is 0.0641. The lowest BCUT2D eigenvalue weighted by atomic mass is 10.1. The van der Waals surface area contributed by atoms with Gasteiger partial charge in [-0.05, 0) is 30.7 Å². The molecule has 0 spiro atoms. The molecule has 0 aromatic heterocycles. The van der Waals surface area contributed by atoms with Crippen LogP contribution in [0.25, 0.3) is 0 Å². The van der Waals surface area contributed by atoms with Crippen LogP contribution >= 0.6 is 11.6 Å². The summed E-state index contributed by atoms with van der Waals surface area (Å²) < 4.78 is 10.5.